The summed E-state index contributed by atoms with van der Waals surface area (Å²) >= 11 is 0. The number of ether oxygens (including phenoxy) is 1. The lowest BCUT2D eigenvalue weighted by Gasteiger charge is -2.12. The predicted molar refractivity (Wildman–Crippen MR) is 67.9 cm³/mol. The van der Waals surface area contributed by atoms with Crippen molar-refractivity contribution in [2.24, 2.45) is 7.05 Å². The standard InChI is InChI=1S/C13H23N3O/c1-4-13-10(9-16(2)15-13)8-14-11-5-6-12(7-11)17-3/h9,11-12,14H,4-8H2,1-3H3. The third-order valence-corrected chi connectivity index (χ3v) is 3.63. The molecule has 96 valence electrons. The van der Waals surface area contributed by atoms with E-state index in [1.807, 2.05) is 18.8 Å². The van der Waals surface area contributed by atoms with Crippen LogP contribution in [0.2, 0.25) is 0 Å². The molecule has 0 aliphatic heterocycles. The van der Waals surface area contributed by atoms with Gasteiger partial charge in [0.2, 0.25) is 0 Å². The van der Waals surface area contributed by atoms with Gasteiger partial charge in [-0.1, -0.05) is 6.92 Å². The highest BCUT2D eigenvalue weighted by Gasteiger charge is 2.24. The van der Waals surface area contributed by atoms with E-state index in [1.165, 1.54) is 24.1 Å². The van der Waals surface area contributed by atoms with Crippen LogP contribution in [0.25, 0.3) is 0 Å². The molecule has 4 nitrogen and oxygen atoms in total. The summed E-state index contributed by atoms with van der Waals surface area (Å²) in [6, 6.07) is 0.602. The van der Waals surface area contributed by atoms with E-state index in [0.717, 1.165) is 19.4 Å². The summed E-state index contributed by atoms with van der Waals surface area (Å²) in [6.45, 7) is 3.08. The summed E-state index contributed by atoms with van der Waals surface area (Å²) in [5.41, 5.74) is 2.54. The van der Waals surface area contributed by atoms with Crippen molar-refractivity contribution in [3.63, 3.8) is 0 Å². The molecule has 1 heterocycles. The first-order chi connectivity index (χ1) is 8.22. The molecular weight excluding hydrogens is 214 g/mol. The number of nitrogens with zero attached hydrogens (tertiary/aromatic N) is 2. The van der Waals surface area contributed by atoms with E-state index in [2.05, 4.69) is 23.5 Å². The second kappa shape index (κ2) is 5.65. The Morgan fingerprint density at radius 1 is 1.53 bits per heavy atom. The van der Waals surface area contributed by atoms with Gasteiger partial charge in [0, 0.05) is 38.5 Å². The molecule has 0 radical (unpaired) electrons. The van der Waals surface area contributed by atoms with Crippen LogP contribution in [0, 0.1) is 0 Å². The van der Waals surface area contributed by atoms with Gasteiger partial charge in [-0.25, -0.2) is 0 Å². The van der Waals surface area contributed by atoms with Crippen LogP contribution in [0.3, 0.4) is 0 Å². The molecule has 1 aromatic heterocycles. The predicted octanol–water partition coefficient (Wildman–Crippen LogP) is 1.64. The van der Waals surface area contributed by atoms with Gasteiger partial charge in [-0.2, -0.15) is 5.10 Å². The van der Waals surface area contributed by atoms with E-state index in [0.29, 0.717) is 12.1 Å². The molecule has 0 spiro atoms. The Morgan fingerprint density at radius 2 is 2.35 bits per heavy atom. The van der Waals surface area contributed by atoms with Gasteiger partial charge in [-0.3, -0.25) is 4.68 Å². The number of aromatic nitrogens is 2. The van der Waals surface area contributed by atoms with Crippen LogP contribution in [0.15, 0.2) is 6.20 Å². The summed E-state index contributed by atoms with van der Waals surface area (Å²) in [7, 11) is 3.79. The summed E-state index contributed by atoms with van der Waals surface area (Å²) in [5.74, 6) is 0. The Bertz CT molecular complexity index is 362. The minimum atomic E-state index is 0.451. The van der Waals surface area contributed by atoms with Gasteiger partial charge >= 0.3 is 0 Å². The van der Waals surface area contributed by atoms with Crippen LogP contribution in [0.5, 0.6) is 0 Å². The molecule has 1 N–H and O–H groups in total. The van der Waals surface area contributed by atoms with Crippen molar-refractivity contribution in [2.45, 2.75) is 51.3 Å². The number of rotatable bonds is 5. The van der Waals surface area contributed by atoms with Gasteiger partial charge in [0.15, 0.2) is 0 Å². The molecular formula is C13H23N3O. The Hall–Kier alpha value is -0.870. The molecule has 2 unspecified atom stereocenters. The van der Waals surface area contributed by atoms with Crippen molar-refractivity contribution in [3.05, 3.63) is 17.5 Å². The van der Waals surface area contributed by atoms with E-state index in [9.17, 15) is 0 Å². The second-order valence-electron chi connectivity index (χ2n) is 4.88. The lowest BCUT2D eigenvalue weighted by atomic mass is 10.2. The SMILES string of the molecule is CCc1nn(C)cc1CNC1CCC(OC)C1. The van der Waals surface area contributed by atoms with Crippen molar-refractivity contribution in [1.29, 1.82) is 0 Å². The van der Waals surface area contributed by atoms with Crippen LogP contribution in [-0.4, -0.2) is 29.0 Å². The van der Waals surface area contributed by atoms with Gasteiger partial charge in [0.05, 0.1) is 11.8 Å². The normalized spacial score (nSPS) is 24.4. The minimum Gasteiger partial charge on any atom is -0.381 e. The molecule has 1 fully saturated rings. The van der Waals surface area contributed by atoms with Crippen molar-refractivity contribution < 1.29 is 4.74 Å². The number of hydrogen-bond acceptors (Lipinski definition) is 3. The molecule has 1 saturated carbocycles. The van der Waals surface area contributed by atoms with Gasteiger partial charge < -0.3 is 10.1 Å². The van der Waals surface area contributed by atoms with Gasteiger partial charge in [0.25, 0.3) is 0 Å². The van der Waals surface area contributed by atoms with E-state index >= 15 is 0 Å². The molecule has 2 atom stereocenters. The van der Waals surface area contributed by atoms with Crippen LogP contribution < -0.4 is 5.32 Å². The van der Waals surface area contributed by atoms with Crippen molar-refractivity contribution in [2.75, 3.05) is 7.11 Å². The number of hydrogen-bond donors (Lipinski definition) is 1. The Kier molecular flexibility index (Phi) is 4.18. The molecule has 2 rings (SSSR count). The smallest absolute Gasteiger partial charge is 0.0666 e. The summed E-state index contributed by atoms with van der Waals surface area (Å²) < 4.78 is 7.29. The number of methoxy groups -OCH3 is 1. The molecule has 1 aromatic rings. The van der Waals surface area contributed by atoms with Crippen molar-refractivity contribution >= 4 is 0 Å². The third-order valence-electron chi connectivity index (χ3n) is 3.63. The fourth-order valence-electron chi connectivity index (χ4n) is 2.62. The maximum absolute atomic E-state index is 5.39. The largest absolute Gasteiger partial charge is 0.381 e. The summed E-state index contributed by atoms with van der Waals surface area (Å²) in [4.78, 5) is 0. The Balaban J connectivity index is 1.85. The van der Waals surface area contributed by atoms with E-state index in [1.54, 1.807) is 0 Å². The van der Waals surface area contributed by atoms with E-state index < -0.39 is 0 Å². The van der Waals surface area contributed by atoms with Crippen LogP contribution >= 0.6 is 0 Å². The average molecular weight is 237 g/mol. The van der Waals surface area contributed by atoms with E-state index in [4.69, 9.17) is 4.74 Å². The quantitative estimate of drug-likeness (QED) is 0.846. The summed E-state index contributed by atoms with van der Waals surface area (Å²) in [6.07, 6.45) is 7.12. The monoisotopic (exact) mass is 237 g/mol. The highest BCUT2D eigenvalue weighted by Crippen LogP contribution is 2.21. The van der Waals surface area contributed by atoms with Gasteiger partial charge in [-0.15, -0.1) is 0 Å². The number of nitrogens with one attached hydrogen (secondary N) is 1. The maximum Gasteiger partial charge on any atom is 0.0666 e. The number of aryl methyl sites for hydroxylation is 2. The molecule has 0 amide bonds. The topological polar surface area (TPSA) is 39.1 Å². The summed E-state index contributed by atoms with van der Waals surface area (Å²) in [5, 5.41) is 8.07. The molecule has 0 saturated heterocycles. The molecule has 1 aliphatic rings. The van der Waals surface area contributed by atoms with Gasteiger partial charge in [-0.05, 0) is 25.7 Å². The first kappa shape index (κ1) is 12.6. The first-order valence-corrected chi connectivity index (χ1v) is 6.50. The molecule has 0 aromatic carbocycles. The molecule has 0 bridgehead atoms. The maximum atomic E-state index is 5.39. The fourth-order valence-corrected chi connectivity index (χ4v) is 2.62. The lowest BCUT2D eigenvalue weighted by Crippen LogP contribution is -2.26. The second-order valence-corrected chi connectivity index (χ2v) is 4.88. The highest BCUT2D eigenvalue weighted by atomic mass is 16.5. The fraction of sp³-hybridized carbons (Fsp3) is 0.769. The van der Waals surface area contributed by atoms with E-state index in [-0.39, 0.29) is 0 Å². The zero-order valence-electron chi connectivity index (χ0n) is 11.1. The lowest BCUT2D eigenvalue weighted by molar-refractivity contribution is 0.107. The van der Waals surface area contributed by atoms with Crippen molar-refractivity contribution in [3.8, 4) is 0 Å². The zero-order valence-corrected chi connectivity index (χ0v) is 11.1. The Morgan fingerprint density at radius 3 is 3.00 bits per heavy atom. The van der Waals surface area contributed by atoms with Crippen molar-refractivity contribution in [1.82, 2.24) is 15.1 Å². The third kappa shape index (κ3) is 3.07. The van der Waals surface area contributed by atoms with Crippen LogP contribution in [-0.2, 0) is 24.8 Å². The Labute approximate surface area is 103 Å². The van der Waals surface area contributed by atoms with Gasteiger partial charge in [0.1, 0.15) is 0 Å². The zero-order chi connectivity index (χ0) is 12.3. The highest BCUT2D eigenvalue weighted by molar-refractivity contribution is 5.16. The van der Waals surface area contributed by atoms with Crippen LogP contribution in [0.4, 0.5) is 0 Å². The van der Waals surface area contributed by atoms with Crippen LogP contribution in [0.1, 0.15) is 37.4 Å². The first-order valence-electron chi connectivity index (χ1n) is 6.50. The minimum absolute atomic E-state index is 0.451. The molecule has 4 heteroatoms. The molecule has 17 heavy (non-hydrogen) atoms. The average Bonchev–Trinajstić information content (AvgIpc) is 2.92. The molecule has 1 aliphatic carbocycles.